The van der Waals surface area contributed by atoms with E-state index in [0.29, 0.717) is 59.7 Å². The number of aromatic nitrogens is 1. The van der Waals surface area contributed by atoms with Crippen LogP contribution in [0.15, 0.2) is 29.7 Å². The summed E-state index contributed by atoms with van der Waals surface area (Å²) < 4.78 is 69.3. The average molecular weight is 490 g/mol. The first-order valence-corrected chi connectivity index (χ1v) is 12.7. The molecule has 1 aromatic heterocycles. The first-order chi connectivity index (χ1) is 14.8. The first kappa shape index (κ1) is 24.4. The van der Waals surface area contributed by atoms with Crippen molar-refractivity contribution in [3.8, 4) is 5.75 Å². The highest BCUT2D eigenvalue weighted by Gasteiger charge is 2.37. The van der Waals surface area contributed by atoms with Gasteiger partial charge in [-0.3, -0.25) is 0 Å². The zero-order chi connectivity index (χ0) is 23.8. The Morgan fingerprint density at radius 1 is 1.22 bits per heavy atom. The summed E-state index contributed by atoms with van der Waals surface area (Å²) in [5, 5.41) is 0.350. The van der Waals surface area contributed by atoms with E-state index in [0.717, 1.165) is 6.26 Å². The first-order valence-electron chi connectivity index (χ1n) is 10.0. The van der Waals surface area contributed by atoms with Gasteiger partial charge in [0.25, 0.3) is 0 Å². The Balaban J connectivity index is 1.79. The zero-order valence-electron chi connectivity index (χ0n) is 18.4. The summed E-state index contributed by atoms with van der Waals surface area (Å²) in [6.45, 7) is 11.2. The molecule has 1 aliphatic rings. The number of halogens is 3. The van der Waals surface area contributed by atoms with E-state index in [2.05, 4.69) is 11.6 Å². The van der Waals surface area contributed by atoms with Crippen molar-refractivity contribution in [3.63, 3.8) is 0 Å². The second-order valence-electron chi connectivity index (χ2n) is 7.93. The second-order valence-corrected chi connectivity index (χ2v) is 10.9. The molecule has 1 fully saturated rings. The van der Waals surface area contributed by atoms with E-state index in [9.17, 15) is 21.6 Å². The molecular weight excluding hydrogens is 463 g/mol. The highest BCUT2D eigenvalue weighted by atomic mass is 32.2. The highest BCUT2D eigenvalue weighted by molar-refractivity contribution is 7.90. The molecule has 0 radical (unpaired) electrons. The van der Waals surface area contributed by atoms with Crippen molar-refractivity contribution in [1.82, 2.24) is 9.88 Å². The number of piperazine rings is 1. The molecule has 1 aromatic carbocycles. The van der Waals surface area contributed by atoms with Gasteiger partial charge in [0.2, 0.25) is 0 Å². The molecule has 2 heterocycles. The van der Waals surface area contributed by atoms with E-state index in [-0.39, 0.29) is 16.7 Å². The number of ether oxygens (including phenoxy) is 1. The normalized spacial score (nSPS) is 15.4. The van der Waals surface area contributed by atoms with Gasteiger partial charge in [-0.1, -0.05) is 17.9 Å². The average Bonchev–Trinajstić information content (AvgIpc) is 3.09. The minimum atomic E-state index is -4.41. The molecule has 11 heteroatoms. The van der Waals surface area contributed by atoms with Crippen molar-refractivity contribution >= 4 is 32.0 Å². The van der Waals surface area contributed by atoms with Crippen molar-refractivity contribution in [2.45, 2.75) is 37.9 Å². The van der Waals surface area contributed by atoms with Gasteiger partial charge in [0.1, 0.15) is 10.6 Å². The third-order valence-corrected chi connectivity index (χ3v) is 7.40. The predicted octanol–water partition coefficient (Wildman–Crippen LogP) is 4.45. The minimum absolute atomic E-state index is 0.0163. The number of hydrogen-bond donors (Lipinski definition) is 0. The monoisotopic (exact) mass is 489 g/mol. The van der Waals surface area contributed by atoms with Crippen LogP contribution in [0.25, 0.3) is 5.70 Å². The number of anilines is 1. The summed E-state index contributed by atoms with van der Waals surface area (Å²) in [7, 11) is -3.42. The fourth-order valence-electron chi connectivity index (χ4n) is 3.44. The van der Waals surface area contributed by atoms with Gasteiger partial charge in [0.05, 0.1) is 16.7 Å². The summed E-state index contributed by atoms with van der Waals surface area (Å²) in [6, 6.07) is 4.69. The molecule has 0 spiro atoms. The molecule has 0 amide bonds. The van der Waals surface area contributed by atoms with Crippen LogP contribution in [-0.2, 0) is 16.0 Å². The number of aryl methyl sites for hydroxylation is 1. The third kappa shape index (κ3) is 5.37. The molecule has 6 nitrogen and oxygen atoms in total. The van der Waals surface area contributed by atoms with Crippen LogP contribution in [0.5, 0.6) is 5.75 Å². The topological polar surface area (TPSA) is 62.7 Å². The van der Waals surface area contributed by atoms with Crippen molar-refractivity contribution < 1.29 is 26.3 Å². The van der Waals surface area contributed by atoms with Crippen molar-refractivity contribution in [1.29, 1.82) is 0 Å². The fourth-order valence-corrected chi connectivity index (χ4v) is 5.07. The van der Waals surface area contributed by atoms with Gasteiger partial charge in [0.15, 0.2) is 15.0 Å². The molecule has 176 valence electrons. The molecule has 32 heavy (non-hydrogen) atoms. The Morgan fingerprint density at radius 3 is 2.34 bits per heavy atom. The van der Waals surface area contributed by atoms with Crippen LogP contribution >= 0.6 is 11.3 Å². The number of hydrogen-bond acceptors (Lipinski definition) is 7. The quantitative estimate of drug-likeness (QED) is 0.597. The van der Waals surface area contributed by atoms with Crippen molar-refractivity contribution in [2.75, 3.05) is 37.3 Å². The number of nitrogens with zero attached hydrogens (tertiary/aromatic N) is 3. The molecule has 1 saturated heterocycles. The van der Waals surface area contributed by atoms with Crippen LogP contribution in [0, 0.1) is 6.92 Å². The Labute approximate surface area is 190 Å². The highest BCUT2D eigenvalue weighted by Crippen LogP contribution is 2.39. The third-order valence-electron chi connectivity index (χ3n) is 5.03. The van der Waals surface area contributed by atoms with Crippen molar-refractivity contribution in [2.24, 2.45) is 0 Å². The van der Waals surface area contributed by atoms with Gasteiger partial charge in [-0.05, 0) is 39.0 Å². The van der Waals surface area contributed by atoms with Crippen LogP contribution < -0.4 is 9.64 Å². The lowest BCUT2D eigenvalue weighted by Crippen LogP contribution is -2.45. The molecule has 0 unspecified atom stereocenters. The molecule has 2 aromatic rings. The SMILES string of the molecule is C=C(c1cc(S(C)(=O)=O)ccc1OC(C)C)N1CCN(c2nc(C)c(C(F)(F)F)s2)CC1. The van der Waals surface area contributed by atoms with E-state index in [1.807, 2.05) is 23.6 Å². The lowest BCUT2D eigenvalue weighted by molar-refractivity contribution is -0.134. The van der Waals surface area contributed by atoms with E-state index < -0.39 is 20.9 Å². The Morgan fingerprint density at radius 2 is 1.84 bits per heavy atom. The van der Waals surface area contributed by atoms with E-state index in [1.165, 1.54) is 13.0 Å². The van der Waals surface area contributed by atoms with Gasteiger partial charge in [-0.25, -0.2) is 13.4 Å². The van der Waals surface area contributed by atoms with Gasteiger partial charge < -0.3 is 14.5 Å². The Hall–Kier alpha value is -2.27. The maximum absolute atomic E-state index is 13.1. The Kier molecular flexibility index (Phi) is 6.80. The van der Waals surface area contributed by atoms with Crippen molar-refractivity contribution in [3.05, 3.63) is 40.9 Å². The zero-order valence-corrected chi connectivity index (χ0v) is 20.0. The van der Waals surface area contributed by atoms with Crippen LogP contribution in [0.4, 0.5) is 18.3 Å². The molecule has 0 atom stereocenters. The summed E-state index contributed by atoms with van der Waals surface area (Å²) in [6.07, 6.45) is -3.38. The van der Waals surface area contributed by atoms with Gasteiger partial charge in [0, 0.05) is 43.7 Å². The molecule has 0 aliphatic carbocycles. The number of benzene rings is 1. The van der Waals surface area contributed by atoms with Crippen LogP contribution in [0.2, 0.25) is 0 Å². The minimum Gasteiger partial charge on any atom is -0.490 e. The molecule has 0 bridgehead atoms. The lowest BCUT2D eigenvalue weighted by atomic mass is 10.1. The standard InChI is InChI=1S/C21H26F3N3O3S2/c1-13(2)30-18-7-6-16(32(5,28)29)12-17(18)15(4)26-8-10-27(11-9-26)20-25-14(3)19(31-20)21(22,23)24/h6-7,12-13H,4,8-11H2,1-3,5H3. The van der Waals surface area contributed by atoms with Gasteiger partial charge >= 0.3 is 6.18 Å². The summed E-state index contributed by atoms with van der Waals surface area (Å²) in [5.41, 5.74) is 1.18. The number of sulfone groups is 1. The fraction of sp³-hybridized carbons (Fsp3) is 0.476. The smallest absolute Gasteiger partial charge is 0.427 e. The largest absolute Gasteiger partial charge is 0.490 e. The van der Waals surface area contributed by atoms with Gasteiger partial charge in [-0.15, -0.1) is 0 Å². The van der Waals surface area contributed by atoms with Crippen LogP contribution in [0.3, 0.4) is 0 Å². The number of thiazole rings is 1. The number of rotatable bonds is 6. The van der Waals surface area contributed by atoms with Crippen LogP contribution in [0.1, 0.15) is 30.0 Å². The number of alkyl halides is 3. The maximum Gasteiger partial charge on any atom is 0.427 e. The van der Waals surface area contributed by atoms with Gasteiger partial charge in [-0.2, -0.15) is 13.2 Å². The molecular formula is C21H26F3N3O3S2. The summed E-state index contributed by atoms with van der Waals surface area (Å²) >= 11 is 0.655. The maximum atomic E-state index is 13.1. The molecule has 0 N–H and O–H groups in total. The predicted molar refractivity (Wildman–Crippen MR) is 120 cm³/mol. The lowest BCUT2D eigenvalue weighted by Gasteiger charge is -2.37. The summed E-state index contributed by atoms with van der Waals surface area (Å²) in [5.74, 6) is 0.533. The second kappa shape index (κ2) is 8.93. The van der Waals surface area contributed by atoms with E-state index in [1.54, 1.807) is 12.1 Å². The molecule has 3 rings (SSSR count). The Bertz CT molecular complexity index is 1100. The van der Waals surface area contributed by atoms with Crippen LogP contribution in [-0.4, -0.2) is 56.8 Å². The molecule has 1 aliphatic heterocycles. The van der Waals surface area contributed by atoms with E-state index >= 15 is 0 Å². The summed E-state index contributed by atoms with van der Waals surface area (Å²) in [4.78, 5) is 7.42. The molecule has 0 saturated carbocycles. The van der Waals surface area contributed by atoms with E-state index in [4.69, 9.17) is 4.74 Å².